The Labute approximate surface area is 130 Å². The van der Waals surface area contributed by atoms with Gasteiger partial charge in [0.05, 0.1) is 11.7 Å². The Morgan fingerprint density at radius 2 is 2.09 bits per heavy atom. The smallest absolute Gasteiger partial charge is 0.261 e. The highest BCUT2D eigenvalue weighted by Gasteiger charge is 2.07. The van der Waals surface area contributed by atoms with E-state index in [0.29, 0.717) is 11.1 Å². The maximum atomic E-state index is 11.9. The number of carbonyl (C=O) groups is 1. The van der Waals surface area contributed by atoms with Crippen molar-refractivity contribution in [2.24, 2.45) is 5.10 Å². The Bertz CT molecular complexity index is 888. The topological polar surface area (TPSA) is 113 Å². The molecule has 116 valence electrons. The fourth-order valence-corrected chi connectivity index (χ4v) is 2.02. The lowest BCUT2D eigenvalue weighted by Gasteiger charge is -2.02. The minimum absolute atomic E-state index is 0.0284. The van der Waals surface area contributed by atoms with Crippen LogP contribution >= 0.6 is 0 Å². The van der Waals surface area contributed by atoms with Gasteiger partial charge in [-0.3, -0.25) is 4.79 Å². The lowest BCUT2D eigenvalue weighted by molar-refractivity contribution is -0.121. The SMILES string of the molecule is O=C(Cn1nnc2ccccc21)N/N=C/c1ccc(O)cc1O. The van der Waals surface area contributed by atoms with Crippen molar-refractivity contribution in [1.29, 1.82) is 0 Å². The van der Waals surface area contributed by atoms with Gasteiger partial charge in [0.25, 0.3) is 5.91 Å². The molecule has 1 amide bonds. The number of nitrogens with zero attached hydrogens (tertiary/aromatic N) is 4. The van der Waals surface area contributed by atoms with E-state index in [0.717, 1.165) is 5.52 Å². The van der Waals surface area contributed by atoms with Gasteiger partial charge in [0, 0.05) is 11.6 Å². The molecule has 1 heterocycles. The highest BCUT2D eigenvalue weighted by molar-refractivity contribution is 5.85. The largest absolute Gasteiger partial charge is 0.508 e. The Kier molecular flexibility index (Phi) is 3.88. The van der Waals surface area contributed by atoms with Gasteiger partial charge in [0.15, 0.2) is 0 Å². The molecule has 0 unspecified atom stereocenters. The molecule has 0 fully saturated rings. The molecule has 0 aliphatic rings. The second-order valence-electron chi connectivity index (χ2n) is 4.77. The van der Waals surface area contributed by atoms with E-state index < -0.39 is 0 Å². The number of rotatable bonds is 4. The van der Waals surface area contributed by atoms with E-state index in [9.17, 15) is 15.0 Å². The molecule has 0 saturated carbocycles. The molecule has 0 radical (unpaired) electrons. The Balaban J connectivity index is 1.64. The molecule has 2 aromatic carbocycles. The summed E-state index contributed by atoms with van der Waals surface area (Å²) in [5.41, 5.74) is 4.17. The number of fused-ring (bicyclic) bond motifs is 1. The van der Waals surface area contributed by atoms with Gasteiger partial charge in [0.2, 0.25) is 0 Å². The number of phenols is 2. The molecule has 23 heavy (non-hydrogen) atoms. The molecule has 0 bridgehead atoms. The van der Waals surface area contributed by atoms with Gasteiger partial charge in [-0.25, -0.2) is 10.1 Å². The maximum Gasteiger partial charge on any atom is 0.261 e. The number of nitrogens with one attached hydrogen (secondary N) is 1. The van der Waals surface area contributed by atoms with Crippen LogP contribution in [0.2, 0.25) is 0 Å². The fraction of sp³-hybridized carbons (Fsp3) is 0.0667. The number of hydrazone groups is 1. The van der Waals surface area contributed by atoms with Gasteiger partial charge >= 0.3 is 0 Å². The average Bonchev–Trinajstić information content (AvgIpc) is 2.93. The Hall–Kier alpha value is -3.42. The summed E-state index contributed by atoms with van der Waals surface area (Å²) < 4.78 is 1.47. The van der Waals surface area contributed by atoms with E-state index >= 15 is 0 Å². The van der Waals surface area contributed by atoms with E-state index in [1.54, 1.807) is 0 Å². The molecule has 3 aromatic rings. The average molecular weight is 311 g/mol. The van der Waals surface area contributed by atoms with Gasteiger partial charge in [0.1, 0.15) is 23.6 Å². The number of aromatic hydroxyl groups is 2. The first-order valence-electron chi connectivity index (χ1n) is 6.75. The van der Waals surface area contributed by atoms with Crippen LogP contribution in [0.25, 0.3) is 11.0 Å². The van der Waals surface area contributed by atoms with Crippen molar-refractivity contribution < 1.29 is 15.0 Å². The van der Waals surface area contributed by atoms with Crippen molar-refractivity contribution in [3.63, 3.8) is 0 Å². The molecule has 8 nitrogen and oxygen atoms in total. The third-order valence-electron chi connectivity index (χ3n) is 3.12. The number of benzene rings is 2. The highest BCUT2D eigenvalue weighted by Crippen LogP contribution is 2.20. The zero-order valence-electron chi connectivity index (χ0n) is 11.9. The lowest BCUT2D eigenvalue weighted by Crippen LogP contribution is -2.23. The molecule has 0 atom stereocenters. The molecule has 3 rings (SSSR count). The summed E-state index contributed by atoms with van der Waals surface area (Å²) in [5, 5.41) is 30.4. The molecule has 0 aliphatic carbocycles. The molecular weight excluding hydrogens is 298 g/mol. The van der Waals surface area contributed by atoms with Crippen LogP contribution in [0, 0.1) is 0 Å². The molecule has 8 heteroatoms. The zero-order chi connectivity index (χ0) is 16.2. The maximum absolute atomic E-state index is 11.9. The van der Waals surface area contributed by atoms with Crippen molar-refractivity contribution in [3.05, 3.63) is 48.0 Å². The summed E-state index contributed by atoms with van der Waals surface area (Å²) in [6, 6.07) is 11.4. The van der Waals surface area contributed by atoms with Crippen LogP contribution in [0.3, 0.4) is 0 Å². The van der Waals surface area contributed by atoms with Gasteiger partial charge in [-0.1, -0.05) is 17.3 Å². The van der Waals surface area contributed by atoms with Gasteiger partial charge in [-0.05, 0) is 24.3 Å². The first kappa shape index (κ1) is 14.5. The van der Waals surface area contributed by atoms with Crippen molar-refractivity contribution >= 4 is 23.2 Å². The number of hydrogen-bond acceptors (Lipinski definition) is 6. The van der Waals surface area contributed by atoms with E-state index in [4.69, 9.17) is 0 Å². The molecule has 0 spiro atoms. The highest BCUT2D eigenvalue weighted by atomic mass is 16.3. The van der Waals surface area contributed by atoms with Crippen molar-refractivity contribution in [2.75, 3.05) is 0 Å². The monoisotopic (exact) mass is 311 g/mol. The number of carbonyl (C=O) groups excluding carboxylic acids is 1. The van der Waals surface area contributed by atoms with E-state index in [2.05, 4.69) is 20.8 Å². The fourth-order valence-electron chi connectivity index (χ4n) is 2.02. The van der Waals surface area contributed by atoms with Crippen molar-refractivity contribution in [3.8, 4) is 11.5 Å². The standard InChI is InChI=1S/C15H13N5O3/c21-11-6-5-10(14(22)7-11)8-16-18-15(23)9-20-13-4-2-1-3-12(13)17-19-20/h1-8,21-22H,9H2,(H,18,23)/b16-8+. The minimum Gasteiger partial charge on any atom is -0.508 e. The third-order valence-corrected chi connectivity index (χ3v) is 3.12. The van der Waals surface area contributed by atoms with Crippen LogP contribution in [-0.4, -0.2) is 37.3 Å². The van der Waals surface area contributed by atoms with E-state index in [1.165, 1.54) is 29.1 Å². The zero-order valence-corrected chi connectivity index (χ0v) is 11.9. The second-order valence-corrected chi connectivity index (χ2v) is 4.77. The quantitative estimate of drug-likeness (QED) is 0.491. The van der Waals surface area contributed by atoms with Crippen LogP contribution in [0.4, 0.5) is 0 Å². The number of phenolic OH excluding ortho intramolecular Hbond substituents is 2. The summed E-state index contributed by atoms with van der Waals surface area (Å²) in [7, 11) is 0. The number of para-hydroxylation sites is 1. The number of aromatic nitrogens is 3. The summed E-state index contributed by atoms with van der Waals surface area (Å²) in [5.74, 6) is -0.567. The molecule has 1 aromatic heterocycles. The Morgan fingerprint density at radius 1 is 1.26 bits per heavy atom. The van der Waals surface area contributed by atoms with Crippen LogP contribution < -0.4 is 5.43 Å². The first-order valence-corrected chi connectivity index (χ1v) is 6.75. The summed E-state index contributed by atoms with van der Waals surface area (Å²) in [6.07, 6.45) is 1.28. The summed E-state index contributed by atoms with van der Waals surface area (Å²) >= 11 is 0. The normalized spacial score (nSPS) is 11.1. The minimum atomic E-state index is -0.379. The van der Waals surface area contributed by atoms with Gasteiger partial charge < -0.3 is 10.2 Å². The van der Waals surface area contributed by atoms with E-state index in [1.807, 2.05) is 24.3 Å². The molecule has 0 aliphatic heterocycles. The first-order chi connectivity index (χ1) is 11.1. The van der Waals surface area contributed by atoms with Gasteiger partial charge in [-0.15, -0.1) is 5.10 Å². The predicted octanol–water partition coefficient (Wildman–Crippen LogP) is 0.993. The van der Waals surface area contributed by atoms with Crippen LogP contribution in [0.5, 0.6) is 11.5 Å². The Morgan fingerprint density at radius 3 is 2.91 bits per heavy atom. The molecule has 3 N–H and O–H groups in total. The second kappa shape index (κ2) is 6.14. The summed E-state index contributed by atoms with van der Waals surface area (Å²) in [6.45, 7) is -0.0284. The van der Waals surface area contributed by atoms with Gasteiger partial charge in [-0.2, -0.15) is 5.10 Å². The van der Waals surface area contributed by atoms with Crippen molar-refractivity contribution in [1.82, 2.24) is 20.4 Å². The lowest BCUT2D eigenvalue weighted by atomic mass is 10.2. The third kappa shape index (κ3) is 3.26. The number of hydrogen-bond donors (Lipinski definition) is 3. The van der Waals surface area contributed by atoms with Crippen LogP contribution in [0.15, 0.2) is 47.6 Å². The van der Waals surface area contributed by atoms with Crippen LogP contribution in [-0.2, 0) is 11.3 Å². The summed E-state index contributed by atoms with van der Waals surface area (Å²) in [4.78, 5) is 11.9. The molecular formula is C15H13N5O3. The van der Waals surface area contributed by atoms with Crippen LogP contribution in [0.1, 0.15) is 5.56 Å². The number of amides is 1. The van der Waals surface area contributed by atoms with Crippen molar-refractivity contribution in [2.45, 2.75) is 6.54 Å². The predicted molar refractivity (Wildman–Crippen MR) is 83.0 cm³/mol. The molecule has 0 saturated heterocycles. The van der Waals surface area contributed by atoms with E-state index in [-0.39, 0.29) is 24.0 Å².